The van der Waals surface area contributed by atoms with Crippen LogP contribution in [0.5, 0.6) is 0 Å². The van der Waals surface area contributed by atoms with E-state index in [4.69, 9.17) is 9.47 Å². The maximum absolute atomic E-state index is 13.5. The van der Waals surface area contributed by atoms with Gasteiger partial charge in [-0.05, 0) is 79.9 Å². The third kappa shape index (κ3) is 38.9. The molecule has 10 nitrogen and oxygen atoms in total. The number of esters is 2. The first-order valence-electron chi connectivity index (χ1n) is 24.0. The highest BCUT2D eigenvalue weighted by Crippen LogP contribution is 2.22. The fourth-order valence-electron chi connectivity index (χ4n) is 7.37. The first-order valence-corrected chi connectivity index (χ1v) is 25.6. The van der Waals surface area contributed by atoms with Gasteiger partial charge in [0.15, 0.2) is 0 Å². The Hall–Kier alpha value is -1.27. The lowest BCUT2D eigenvalue weighted by Crippen LogP contribution is -2.44. The highest BCUT2D eigenvalue weighted by atomic mass is 32.2. The van der Waals surface area contributed by atoms with E-state index in [9.17, 15) is 18.0 Å². The SMILES string of the molecule is CCCCCCCCCC(CC(=O)OC)NCCCN(C)C.CCCCCCCCCCCS(=O)(=O)N(CCCN(C)C)C(CCCCCCCCC)CC(=O)OC. The summed E-state index contributed by atoms with van der Waals surface area (Å²) in [5, 5.41) is 3.52. The zero-order chi connectivity index (χ0) is 43.7. The summed E-state index contributed by atoms with van der Waals surface area (Å²) in [6, 6.07) is -0.0379. The minimum Gasteiger partial charge on any atom is -0.469 e. The van der Waals surface area contributed by atoms with Crippen LogP contribution in [-0.4, -0.2) is 121 Å². The summed E-state index contributed by atoms with van der Waals surface area (Å²) in [6.45, 7) is 10.0. The number of carbonyl (C=O) groups is 2. The average Bonchev–Trinajstić information content (AvgIpc) is 3.19. The van der Waals surface area contributed by atoms with Crippen molar-refractivity contribution >= 4 is 22.0 Å². The Kier molecular flexibility index (Phi) is 43.0. The summed E-state index contributed by atoms with van der Waals surface area (Å²) in [7, 11) is 7.62. The van der Waals surface area contributed by atoms with Gasteiger partial charge in [0, 0.05) is 18.6 Å². The number of rotatable bonds is 41. The van der Waals surface area contributed by atoms with E-state index in [-0.39, 0.29) is 36.2 Å². The van der Waals surface area contributed by atoms with E-state index in [1.54, 1.807) is 4.31 Å². The van der Waals surface area contributed by atoms with Gasteiger partial charge in [0.05, 0.1) is 32.8 Å². The Labute approximate surface area is 361 Å². The van der Waals surface area contributed by atoms with E-state index in [0.29, 0.717) is 19.4 Å². The Morgan fingerprint density at radius 1 is 0.500 bits per heavy atom. The van der Waals surface area contributed by atoms with E-state index in [1.807, 2.05) is 14.1 Å². The molecule has 1 N–H and O–H groups in total. The van der Waals surface area contributed by atoms with Gasteiger partial charge in [-0.3, -0.25) is 9.59 Å². The number of methoxy groups -OCH3 is 2. The van der Waals surface area contributed by atoms with Gasteiger partial charge in [-0.25, -0.2) is 8.42 Å². The largest absolute Gasteiger partial charge is 0.469 e. The summed E-state index contributed by atoms with van der Waals surface area (Å²) >= 11 is 0. The van der Waals surface area contributed by atoms with Gasteiger partial charge in [-0.1, -0.05) is 162 Å². The van der Waals surface area contributed by atoms with Gasteiger partial charge in [-0.2, -0.15) is 4.31 Å². The highest BCUT2D eigenvalue weighted by molar-refractivity contribution is 7.89. The molecule has 0 radical (unpaired) electrons. The molecule has 0 heterocycles. The van der Waals surface area contributed by atoms with Crippen molar-refractivity contribution in [3.63, 3.8) is 0 Å². The molecule has 0 aliphatic heterocycles. The monoisotopic (exact) mass is 847 g/mol. The lowest BCUT2D eigenvalue weighted by Gasteiger charge is -2.31. The van der Waals surface area contributed by atoms with E-state index in [2.05, 4.69) is 50.0 Å². The van der Waals surface area contributed by atoms with E-state index in [1.165, 1.54) is 130 Å². The molecule has 0 saturated heterocycles. The summed E-state index contributed by atoms with van der Waals surface area (Å²) in [5.74, 6) is -0.244. The first-order chi connectivity index (χ1) is 27.9. The molecule has 11 heteroatoms. The normalized spacial score (nSPS) is 12.8. The van der Waals surface area contributed by atoms with Crippen LogP contribution in [0.15, 0.2) is 0 Å². The lowest BCUT2D eigenvalue weighted by molar-refractivity contribution is -0.142. The van der Waals surface area contributed by atoms with Crippen LogP contribution in [0, 0.1) is 0 Å². The predicted octanol–water partition coefficient (Wildman–Crippen LogP) is 10.8. The number of sulfonamides is 1. The van der Waals surface area contributed by atoms with Crippen LogP contribution in [0.2, 0.25) is 0 Å². The van der Waals surface area contributed by atoms with Gasteiger partial charge >= 0.3 is 11.9 Å². The number of hydrogen-bond acceptors (Lipinski definition) is 9. The molecular formula is C47H98N4O6S. The minimum atomic E-state index is -3.43. The number of hydrogen-bond donors (Lipinski definition) is 1. The van der Waals surface area contributed by atoms with E-state index in [0.717, 1.165) is 71.0 Å². The fourth-order valence-corrected chi connectivity index (χ4v) is 9.22. The van der Waals surface area contributed by atoms with Crippen molar-refractivity contribution in [2.45, 2.75) is 219 Å². The Morgan fingerprint density at radius 3 is 1.34 bits per heavy atom. The topological polar surface area (TPSA) is 108 Å². The molecule has 58 heavy (non-hydrogen) atoms. The van der Waals surface area contributed by atoms with Crippen LogP contribution >= 0.6 is 0 Å². The van der Waals surface area contributed by atoms with Gasteiger partial charge in [0.1, 0.15) is 0 Å². The van der Waals surface area contributed by atoms with Gasteiger partial charge < -0.3 is 24.6 Å². The summed E-state index contributed by atoms with van der Waals surface area (Å²) < 4.78 is 38.4. The molecule has 348 valence electrons. The summed E-state index contributed by atoms with van der Waals surface area (Å²) in [5.41, 5.74) is 0. The van der Waals surface area contributed by atoms with Crippen LogP contribution in [-0.2, 0) is 29.1 Å². The quantitative estimate of drug-likeness (QED) is 0.0475. The second-order valence-electron chi connectivity index (χ2n) is 17.3. The van der Waals surface area contributed by atoms with Gasteiger partial charge in [-0.15, -0.1) is 0 Å². The van der Waals surface area contributed by atoms with Crippen molar-refractivity contribution in [1.29, 1.82) is 0 Å². The Balaban J connectivity index is 0. The average molecular weight is 847 g/mol. The molecule has 0 aromatic heterocycles. The van der Waals surface area contributed by atoms with E-state index < -0.39 is 10.0 Å². The first kappa shape index (κ1) is 58.8. The fraction of sp³-hybridized carbons (Fsp3) is 0.957. The summed E-state index contributed by atoms with van der Waals surface area (Å²) in [4.78, 5) is 28.0. The molecule has 0 spiro atoms. The molecule has 2 atom stereocenters. The second kappa shape index (κ2) is 42.4. The molecule has 0 saturated carbocycles. The lowest BCUT2D eigenvalue weighted by atomic mass is 10.0. The molecule has 0 fully saturated rings. The van der Waals surface area contributed by atoms with Crippen LogP contribution in [0.4, 0.5) is 0 Å². The smallest absolute Gasteiger partial charge is 0.307 e. The van der Waals surface area contributed by atoms with Gasteiger partial charge in [0.25, 0.3) is 0 Å². The molecular weight excluding hydrogens is 749 g/mol. The molecule has 2 unspecified atom stereocenters. The van der Waals surface area contributed by atoms with E-state index >= 15 is 0 Å². The molecule has 0 aliphatic rings. The molecule has 0 aromatic carbocycles. The number of ether oxygens (including phenoxy) is 2. The molecule has 0 bridgehead atoms. The number of unbranched alkanes of at least 4 members (excludes halogenated alkanes) is 20. The highest BCUT2D eigenvalue weighted by Gasteiger charge is 2.31. The zero-order valence-corrected chi connectivity index (χ0v) is 40.7. The maximum Gasteiger partial charge on any atom is 0.307 e. The van der Waals surface area contributed by atoms with Crippen molar-refractivity contribution in [3.05, 3.63) is 0 Å². The maximum atomic E-state index is 13.5. The van der Waals surface area contributed by atoms with Crippen molar-refractivity contribution in [2.24, 2.45) is 0 Å². The molecule has 0 rings (SSSR count). The summed E-state index contributed by atoms with van der Waals surface area (Å²) in [6.07, 6.45) is 32.1. The predicted molar refractivity (Wildman–Crippen MR) is 248 cm³/mol. The number of nitrogens with one attached hydrogen (secondary N) is 1. The Morgan fingerprint density at radius 2 is 0.897 bits per heavy atom. The van der Waals surface area contributed by atoms with Crippen molar-refractivity contribution in [1.82, 2.24) is 19.4 Å². The standard InChI is InChI=1S/C29H60N2O4S.C18H38N2O2/c1-6-8-10-12-14-15-17-19-21-26-36(33,34)31(25-22-24-30(3)4)28(27-29(32)35-5)23-20-18-16-13-11-9-7-2;1-5-6-7-8-9-10-11-13-17(16-18(21)22-4)19-14-12-15-20(2)3/h28H,6-27H2,1-5H3;17,19H,5-16H2,1-4H3. The van der Waals surface area contributed by atoms with Crippen molar-refractivity contribution in [2.75, 3.05) is 74.3 Å². The van der Waals surface area contributed by atoms with Crippen LogP contribution in [0.25, 0.3) is 0 Å². The minimum absolute atomic E-state index is 0.104. The zero-order valence-electron chi connectivity index (χ0n) is 39.9. The van der Waals surface area contributed by atoms with Crippen LogP contribution in [0.1, 0.15) is 207 Å². The number of nitrogens with zero attached hydrogens (tertiary/aromatic N) is 3. The van der Waals surface area contributed by atoms with Crippen molar-refractivity contribution in [3.8, 4) is 0 Å². The number of carbonyl (C=O) groups excluding carboxylic acids is 2. The second-order valence-corrected chi connectivity index (χ2v) is 19.3. The Bertz CT molecular complexity index is 1010. The van der Waals surface area contributed by atoms with Crippen LogP contribution < -0.4 is 5.32 Å². The van der Waals surface area contributed by atoms with Crippen molar-refractivity contribution < 1.29 is 27.5 Å². The molecule has 0 amide bonds. The third-order valence-electron chi connectivity index (χ3n) is 11.0. The van der Waals surface area contributed by atoms with Crippen LogP contribution in [0.3, 0.4) is 0 Å². The molecule has 0 aliphatic carbocycles. The molecule has 0 aromatic rings. The van der Waals surface area contributed by atoms with Gasteiger partial charge in [0.2, 0.25) is 10.0 Å². The third-order valence-corrected chi connectivity index (χ3v) is 13.0.